The van der Waals surface area contributed by atoms with Crippen molar-refractivity contribution in [3.8, 4) is 0 Å². The Morgan fingerprint density at radius 3 is 2.39 bits per heavy atom. The number of halogens is 1. The van der Waals surface area contributed by atoms with E-state index in [1.54, 1.807) is 12.1 Å². The number of amides is 1. The van der Waals surface area contributed by atoms with Gasteiger partial charge in [0.2, 0.25) is 0 Å². The first kappa shape index (κ1) is 16.4. The molecule has 2 rings (SSSR count). The predicted molar refractivity (Wildman–Crippen MR) is 82.7 cm³/mol. The molecular formula is C15H11ClN2O5. The van der Waals surface area contributed by atoms with Crippen LogP contribution in [0.25, 0.3) is 0 Å². The molecule has 0 unspecified atom stereocenters. The highest BCUT2D eigenvalue weighted by molar-refractivity contribution is 6.33. The summed E-state index contributed by atoms with van der Waals surface area (Å²) >= 11 is 5.88. The van der Waals surface area contributed by atoms with Gasteiger partial charge in [0.1, 0.15) is 0 Å². The van der Waals surface area contributed by atoms with Crippen LogP contribution in [0.2, 0.25) is 5.02 Å². The Hall–Kier alpha value is -2.93. The SMILES string of the molecule is O=C(O)c1ccc(CNC(=O)c2cc([N+](=O)[O-])ccc2Cl)cc1. The zero-order valence-corrected chi connectivity index (χ0v) is 12.4. The summed E-state index contributed by atoms with van der Waals surface area (Å²) in [5, 5.41) is 22.2. The Labute approximate surface area is 135 Å². The maximum atomic E-state index is 12.1. The average molecular weight is 335 g/mol. The van der Waals surface area contributed by atoms with Crippen LogP contribution in [-0.4, -0.2) is 21.9 Å². The van der Waals surface area contributed by atoms with Gasteiger partial charge in [-0.3, -0.25) is 14.9 Å². The van der Waals surface area contributed by atoms with E-state index in [0.29, 0.717) is 5.56 Å². The molecule has 0 radical (unpaired) electrons. The summed E-state index contributed by atoms with van der Waals surface area (Å²) in [7, 11) is 0. The number of hydrogen-bond donors (Lipinski definition) is 2. The van der Waals surface area contributed by atoms with Crippen molar-refractivity contribution < 1.29 is 19.6 Å². The molecule has 0 saturated carbocycles. The van der Waals surface area contributed by atoms with Crippen LogP contribution in [-0.2, 0) is 6.54 Å². The first-order valence-electron chi connectivity index (χ1n) is 6.43. The molecule has 0 atom stereocenters. The van der Waals surface area contributed by atoms with Crippen molar-refractivity contribution in [1.29, 1.82) is 0 Å². The van der Waals surface area contributed by atoms with Crippen LogP contribution < -0.4 is 5.32 Å². The van der Waals surface area contributed by atoms with Gasteiger partial charge in [0, 0.05) is 18.7 Å². The molecule has 0 bridgehead atoms. The van der Waals surface area contributed by atoms with Gasteiger partial charge >= 0.3 is 5.97 Å². The quantitative estimate of drug-likeness (QED) is 0.645. The molecule has 0 aliphatic rings. The van der Waals surface area contributed by atoms with Gasteiger partial charge in [-0.25, -0.2) is 4.79 Å². The number of benzene rings is 2. The van der Waals surface area contributed by atoms with Crippen molar-refractivity contribution in [2.75, 3.05) is 0 Å². The van der Waals surface area contributed by atoms with Gasteiger partial charge in [-0.05, 0) is 23.8 Å². The highest BCUT2D eigenvalue weighted by Crippen LogP contribution is 2.22. The van der Waals surface area contributed by atoms with Crippen LogP contribution in [0.5, 0.6) is 0 Å². The third-order valence-corrected chi connectivity index (χ3v) is 3.39. The van der Waals surface area contributed by atoms with Crippen molar-refractivity contribution >= 4 is 29.2 Å². The number of carbonyl (C=O) groups excluding carboxylic acids is 1. The molecule has 118 valence electrons. The summed E-state index contributed by atoms with van der Waals surface area (Å²) < 4.78 is 0. The van der Waals surface area contributed by atoms with Crippen LogP contribution >= 0.6 is 11.6 Å². The van der Waals surface area contributed by atoms with Gasteiger partial charge in [-0.1, -0.05) is 23.7 Å². The Kier molecular flexibility index (Phi) is 4.92. The lowest BCUT2D eigenvalue weighted by molar-refractivity contribution is -0.384. The molecule has 8 heteroatoms. The summed E-state index contributed by atoms with van der Waals surface area (Å²) in [6, 6.07) is 9.58. The number of nitro benzene ring substituents is 1. The van der Waals surface area contributed by atoms with Crippen LogP contribution in [0, 0.1) is 10.1 Å². The Balaban J connectivity index is 2.09. The number of nitrogens with one attached hydrogen (secondary N) is 1. The predicted octanol–water partition coefficient (Wildman–Crippen LogP) is 2.88. The van der Waals surface area contributed by atoms with Crippen molar-refractivity contribution in [3.05, 3.63) is 74.3 Å². The van der Waals surface area contributed by atoms with Crippen molar-refractivity contribution in [2.45, 2.75) is 6.54 Å². The molecule has 0 heterocycles. The molecule has 0 saturated heterocycles. The lowest BCUT2D eigenvalue weighted by Gasteiger charge is -2.07. The largest absolute Gasteiger partial charge is 0.478 e. The van der Waals surface area contributed by atoms with Crippen molar-refractivity contribution in [1.82, 2.24) is 5.32 Å². The minimum absolute atomic E-state index is 0.00280. The Bertz CT molecular complexity index is 774. The first-order valence-corrected chi connectivity index (χ1v) is 6.80. The molecule has 0 aromatic heterocycles. The van der Waals surface area contributed by atoms with E-state index in [2.05, 4.69) is 5.32 Å². The molecule has 2 aromatic carbocycles. The molecule has 2 N–H and O–H groups in total. The van der Waals surface area contributed by atoms with E-state index in [0.717, 1.165) is 6.07 Å². The second-order valence-corrected chi connectivity index (χ2v) is 5.01. The normalized spacial score (nSPS) is 10.1. The number of rotatable bonds is 5. The summed E-state index contributed by atoms with van der Waals surface area (Å²) in [4.78, 5) is 32.9. The lowest BCUT2D eigenvalue weighted by Crippen LogP contribution is -2.23. The minimum atomic E-state index is -1.04. The number of aromatic carboxylic acids is 1. The second kappa shape index (κ2) is 6.89. The fraction of sp³-hybridized carbons (Fsp3) is 0.0667. The van der Waals surface area contributed by atoms with Crippen molar-refractivity contribution in [2.24, 2.45) is 0 Å². The molecule has 0 fully saturated rings. The Morgan fingerprint density at radius 2 is 1.83 bits per heavy atom. The Morgan fingerprint density at radius 1 is 1.17 bits per heavy atom. The van der Waals surface area contributed by atoms with E-state index < -0.39 is 16.8 Å². The van der Waals surface area contributed by atoms with E-state index in [-0.39, 0.29) is 28.4 Å². The van der Waals surface area contributed by atoms with E-state index in [1.165, 1.54) is 24.3 Å². The smallest absolute Gasteiger partial charge is 0.335 e. The highest BCUT2D eigenvalue weighted by atomic mass is 35.5. The number of nitrogens with zero attached hydrogens (tertiary/aromatic N) is 1. The molecule has 23 heavy (non-hydrogen) atoms. The third kappa shape index (κ3) is 4.04. The van der Waals surface area contributed by atoms with Crippen LogP contribution in [0.4, 0.5) is 5.69 Å². The van der Waals surface area contributed by atoms with E-state index in [1.807, 2.05) is 0 Å². The van der Waals surface area contributed by atoms with Crippen LogP contribution in [0.1, 0.15) is 26.3 Å². The number of non-ortho nitro benzene ring substituents is 1. The molecule has 2 aromatic rings. The zero-order chi connectivity index (χ0) is 17.0. The lowest BCUT2D eigenvalue weighted by atomic mass is 10.1. The summed E-state index contributed by atoms with van der Waals surface area (Å²) in [6.45, 7) is 0.137. The molecule has 0 aliphatic carbocycles. The minimum Gasteiger partial charge on any atom is -0.478 e. The van der Waals surface area contributed by atoms with Crippen LogP contribution in [0.15, 0.2) is 42.5 Å². The fourth-order valence-electron chi connectivity index (χ4n) is 1.84. The number of carboxylic acids is 1. The number of carbonyl (C=O) groups is 2. The third-order valence-electron chi connectivity index (χ3n) is 3.06. The van der Waals surface area contributed by atoms with Gasteiger partial charge in [0.15, 0.2) is 0 Å². The van der Waals surface area contributed by atoms with Gasteiger partial charge in [0.25, 0.3) is 11.6 Å². The van der Waals surface area contributed by atoms with Gasteiger partial charge < -0.3 is 10.4 Å². The van der Waals surface area contributed by atoms with Crippen LogP contribution in [0.3, 0.4) is 0 Å². The summed E-state index contributed by atoms with van der Waals surface area (Å²) in [6.07, 6.45) is 0. The second-order valence-electron chi connectivity index (χ2n) is 4.61. The van der Waals surface area contributed by atoms with Gasteiger partial charge in [0.05, 0.1) is 21.1 Å². The number of nitro groups is 1. The van der Waals surface area contributed by atoms with E-state index in [9.17, 15) is 19.7 Å². The zero-order valence-electron chi connectivity index (χ0n) is 11.7. The van der Waals surface area contributed by atoms with Gasteiger partial charge in [-0.15, -0.1) is 0 Å². The number of hydrogen-bond acceptors (Lipinski definition) is 4. The number of carboxylic acid groups (broad SMARTS) is 1. The molecule has 0 aliphatic heterocycles. The molecule has 0 spiro atoms. The molecular weight excluding hydrogens is 324 g/mol. The highest BCUT2D eigenvalue weighted by Gasteiger charge is 2.15. The monoisotopic (exact) mass is 334 g/mol. The maximum absolute atomic E-state index is 12.1. The topological polar surface area (TPSA) is 110 Å². The fourth-order valence-corrected chi connectivity index (χ4v) is 2.05. The standard InChI is InChI=1S/C15H11ClN2O5/c16-13-6-5-11(18(22)23)7-12(13)14(19)17-8-9-1-3-10(4-2-9)15(20)21/h1-7H,8H2,(H,17,19)(H,20,21). The van der Waals surface area contributed by atoms with E-state index >= 15 is 0 Å². The molecule has 7 nitrogen and oxygen atoms in total. The summed E-state index contributed by atoms with van der Waals surface area (Å²) in [5.41, 5.74) is 0.597. The molecule has 1 amide bonds. The summed E-state index contributed by atoms with van der Waals surface area (Å²) in [5.74, 6) is -1.59. The van der Waals surface area contributed by atoms with E-state index in [4.69, 9.17) is 16.7 Å². The van der Waals surface area contributed by atoms with Gasteiger partial charge in [-0.2, -0.15) is 0 Å². The first-order chi connectivity index (χ1) is 10.9. The maximum Gasteiger partial charge on any atom is 0.335 e. The van der Waals surface area contributed by atoms with Crippen molar-refractivity contribution in [3.63, 3.8) is 0 Å². The average Bonchev–Trinajstić information content (AvgIpc) is 2.53.